The predicted molar refractivity (Wildman–Crippen MR) is 115 cm³/mol. The topological polar surface area (TPSA) is 52.0 Å². The highest BCUT2D eigenvalue weighted by Gasteiger charge is 2.18. The summed E-state index contributed by atoms with van der Waals surface area (Å²) in [7, 11) is 0. The lowest BCUT2D eigenvalue weighted by atomic mass is 10.0. The molecule has 0 radical (unpaired) electrons. The van der Waals surface area contributed by atoms with E-state index < -0.39 is 0 Å². The highest BCUT2D eigenvalue weighted by atomic mass is 35.5. The van der Waals surface area contributed by atoms with Crippen LogP contribution < -0.4 is 5.56 Å². The van der Waals surface area contributed by atoms with E-state index in [0.29, 0.717) is 20.8 Å². The number of carbonyl (C=O) groups is 1. The summed E-state index contributed by atoms with van der Waals surface area (Å²) in [4.78, 5) is 31.9. The van der Waals surface area contributed by atoms with Gasteiger partial charge in [-0.1, -0.05) is 53.6 Å². The Morgan fingerprint density at radius 3 is 2.43 bits per heavy atom. The number of Topliss-reactive ketones (excluding diaryl/α,β-unsaturated/α-hetero) is 1. The Morgan fingerprint density at radius 2 is 1.75 bits per heavy atom. The molecular weight excluding hydrogens is 392 g/mol. The maximum Gasteiger partial charge on any atom is 0.263 e. The largest absolute Gasteiger partial charge is 0.292 e. The zero-order valence-corrected chi connectivity index (χ0v) is 17.0. The highest BCUT2D eigenvalue weighted by Crippen LogP contribution is 2.35. The second-order valence-electron chi connectivity index (χ2n) is 6.69. The molecule has 6 heteroatoms. The van der Waals surface area contributed by atoms with Gasteiger partial charge in [-0.3, -0.25) is 14.2 Å². The SMILES string of the molecule is Cc1ccc(C(=O)Cn2cnc3sc(C)c(-c4ccc(Cl)cc4)c3c2=O)cc1. The van der Waals surface area contributed by atoms with E-state index in [1.807, 2.05) is 38.1 Å². The van der Waals surface area contributed by atoms with Gasteiger partial charge in [0.25, 0.3) is 5.56 Å². The highest BCUT2D eigenvalue weighted by molar-refractivity contribution is 7.19. The zero-order chi connectivity index (χ0) is 19.8. The molecule has 140 valence electrons. The van der Waals surface area contributed by atoms with Crippen LogP contribution in [0, 0.1) is 13.8 Å². The van der Waals surface area contributed by atoms with E-state index in [2.05, 4.69) is 4.98 Å². The van der Waals surface area contributed by atoms with Crippen molar-refractivity contribution in [3.05, 3.63) is 86.2 Å². The van der Waals surface area contributed by atoms with Crippen LogP contribution in [0.1, 0.15) is 20.8 Å². The van der Waals surface area contributed by atoms with Crippen molar-refractivity contribution >= 4 is 38.9 Å². The van der Waals surface area contributed by atoms with Crippen molar-refractivity contribution in [1.29, 1.82) is 0 Å². The van der Waals surface area contributed by atoms with Gasteiger partial charge >= 0.3 is 0 Å². The van der Waals surface area contributed by atoms with Crippen LogP contribution in [0.15, 0.2) is 59.7 Å². The smallest absolute Gasteiger partial charge is 0.263 e. The second-order valence-corrected chi connectivity index (χ2v) is 8.33. The molecule has 28 heavy (non-hydrogen) atoms. The molecule has 0 spiro atoms. The van der Waals surface area contributed by atoms with Crippen molar-refractivity contribution in [1.82, 2.24) is 9.55 Å². The first-order valence-corrected chi connectivity index (χ1v) is 9.98. The molecule has 4 rings (SSSR count). The third-order valence-corrected chi connectivity index (χ3v) is 5.94. The van der Waals surface area contributed by atoms with Gasteiger partial charge < -0.3 is 0 Å². The van der Waals surface area contributed by atoms with Crippen molar-refractivity contribution in [2.24, 2.45) is 0 Å². The molecule has 0 saturated carbocycles. The monoisotopic (exact) mass is 408 g/mol. The van der Waals surface area contributed by atoms with Crippen molar-refractivity contribution < 1.29 is 4.79 Å². The minimum absolute atomic E-state index is 0.0419. The van der Waals surface area contributed by atoms with E-state index in [4.69, 9.17) is 11.6 Å². The molecule has 4 aromatic rings. The Kier molecular flexibility index (Phi) is 4.87. The van der Waals surface area contributed by atoms with Crippen LogP contribution in [0.3, 0.4) is 0 Å². The number of fused-ring (bicyclic) bond motifs is 1. The normalized spacial score (nSPS) is 11.1. The number of thiophene rings is 1. The summed E-state index contributed by atoms with van der Waals surface area (Å²) < 4.78 is 1.39. The summed E-state index contributed by atoms with van der Waals surface area (Å²) in [6.45, 7) is 3.89. The summed E-state index contributed by atoms with van der Waals surface area (Å²) in [6.07, 6.45) is 1.46. The van der Waals surface area contributed by atoms with Gasteiger partial charge in [0.15, 0.2) is 5.78 Å². The summed E-state index contributed by atoms with van der Waals surface area (Å²) in [5.41, 5.74) is 3.22. The molecule has 0 N–H and O–H groups in total. The van der Waals surface area contributed by atoms with Crippen LogP contribution in [0.4, 0.5) is 0 Å². The third kappa shape index (κ3) is 3.39. The number of ketones is 1. The summed E-state index contributed by atoms with van der Waals surface area (Å²) >= 11 is 7.47. The quantitative estimate of drug-likeness (QED) is 0.432. The van der Waals surface area contributed by atoms with Crippen molar-refractivity contribution in [2.75, 3.05) is 0 Å². The Bertz CT molecular complexity index is 1240. The van der Waals surface area contributed by atoms with Gasteiger partial charge in [0.05, 0.1) is 18.3 Å². The van der Waals surface area contributed by atoms with Crippen LogP contribution in [0.5, 0.6) is 0 Å². The maximum atomic E-state index is 13.2. The van der Waals surface area contributed by atoms with Gasteiger partial charge in [-0.05, 0) is 31.5 Å². The summed E-state index contributed by atoms with van der Waals surface area (Å²) in [5, 5.41) is 1.18. The van der Waals surface area contributed by atoms with Gasteiger partial charge in [-0.25, -0.2) is 4.98 Å². The number of halogens is 1. The second kappa shape index (κ2) is 7.34. The predicted octanol–water partition coefficient (Wildman–Crippen LogP) is 5.28. The average molecular weight is 409 g/mol. The lowest BCUT2D eigenvalue weighted by Gasteiger charge is -2.07. The van der Waals surface area contributed by atoms with Crippen molar-refractivity contribution in [3.8, 4) is 11.1 Å². The minimum Gasteiger partial charge on any atom is -0.292 e. The minimum atomic E-state index is -0.209. The van der Waals surface area contributed by atoms with E-state index >= 15 is 0 Å². The Balaban J connectivity index is 1.79. The number of rotatable bonds is 4. The third-order valence-electron chi connectivity index (χ3n) is 4.68. The lowest BCUT2D eigenvalue weighted by molar-refractivity contribution is 0.0970. The molecule has 0 aliphatic rings. The molecular formula is C22H17ClN2O2S. The van der Waals surface area contributed by atoms with Crippen LogP contribution in [-0.4, -0.2) is 15.3 Å². The lowest BCUT2D eigenvalue weighted by Crippen LogP contribution is -2.24. The maximum absolute atomic E-state index is 13.2. The Morgan fingerprint density at radius 1 is 1.07 bits per heavy atom. The molecule has 0 atom stereocenters. The fourth-order valence-corrected chi connectivity index (χ4v) is 4.33. The molecule has 2 aromatic carbocycles. The molecule has 0 saturated heterocycles. The van der Waals surface area contributed by atoms with Gasteiger partial charge in [-0.2, -0.15) is 0 Å². The molecule has 4 nitrogen and oxygen atoms in total. The van der Waals surface area contributed by atoms with Crippen molar-refractivity contribution in [2.45, 2.75) is 20.4 Å². The fourth-order valence-electron chi connectivity index (χ4n) is 3.20. The van der Waals surface area contributed by atoms with E-state index in [-0.39, 0.29) is 17.9 Å². The first-order valence-electron chi connectivity index (χ1n) is 8.78. The van der Waals surface area contributed by atoms with Gasteiger partial charge in [0.2, 0.25) is 0 Å². The van der Waals surface area contributed by atoms with Crippen LogP contribution >= 0.6 is 22.9 Å². The molecule has 2 heterocycles. The Labute approximate surface area is 171 Å². The van der Waals surface area contributed by atoms with E-state index in [1.54, 1.807) is 24.3 Å². The fraction of sp³-hybridized carbons (Fsp3) is 0.136. The van der Waals surface area contributed by atoms with E-state index in [9.17, 15) is 9.59 Å². The molecule has 2 aromatic heterocycles. The number of benzene rings is 2. The number of hydrogen-bond acceptors (Lipinski definition) is 4. The Hall–Kier alpha value is -2.76. The van der Waals surface area contributed by atoms with Gasteiger partial charge in [0, 0.05) is 21.0 Å². The first-order chi connectivity index (χ1) is 13.4. The molecule has 0 fully saturated rings. The first kappa shape index (κ1) is 18.6. The molecule has 0 amide bonds. The van der Waals surface area contributed by atoms with E-state index in [1.165, 1.54) is 22.2 Å². The number of aromatic nitrogens is 2. The van der Waals surface area contributed by atoms with Crippen LogP contribution in [0.25, 0.3) is 21.3 Å². The van der Waals surface area contributed by atoms with Crippen molar-refractivity contribution in [3.63, 3.8) is 0 Å². The van der Waals surface area contributed by atoms with Crippen LogP contribution in [-0.2, 0) is 6.54 Å². The standard InChI is InChI=1S/C22H17ClN2O2S/c1-13-3-5-15(6-4-13)18(26)11-25-12-24-21-20(22(25)27)19(14(2)28-21)16-7-9-17(23)10-8-16/h3-10,12H,11H2,1-2H3. The molecule has 0 bridgehead atoms. The molecule has 0 aliphatic carbocycles. The van der Waals surface area contributed by atoms with E-state index in [0.717, 1.165) is 21.6 Å². The number of carbonyl (C=O) groups excluding carboxylic acids is 1. The zero-order valence-electron chi connectivity index (χ0n) is 15.4. The molecule has 0 unspecified atom stereocenters. The summed E-state index contributed by atoms with van der Waals surface area (Å²) in [5.74, 6) is -0.122. The average Bonchev–Trinajstić information content (AvgIpc) is 3.02. The molecule has 0 aliphatic heterocycles. The number of aryl methyl sites for hydroxylation is 2. The number of hydrogen-bond donors (Lipinski definition) is 0. The summed E-state index contributed by atoms with van der Waals surface area (Å²) in [6, 6.07) is 14.7. The van der Waals surface area contributed by atoms with Crippen LogP contribution in [0.2, 0.25) is 5.02 Å². The van der Waals surface area contributed by atoms with Gasteiger partial charge in [-0.15, -0.1) is 11.3 Å². The van der Waals surface area contributed by atoms with Gasteiger partial charge in [0.1, 0.15) is 4.83 Å². The number of nitrogens with zero attached hydrogens (tertiary/aromatic N) is 2.